The molecule has 0 nitrogen and oxygen atoms in total. The molecule has 8 heteroatoms. The highest BCUT2D eigenvalue weighted by Crippen LogP contribution is 2.20. The van der Waals surface area contributed by atoms with Gasteiger partial charge in [0.15, 0.2) is 12.8 Å². The van der Waals surface area contributed by atoms with Crippen LogP contribution in [0.5, 0.6) is 0 Å². The van der Waals surface area contributed by atoms with E-state index in [4.69, 9.17) is 0 Å². The Kier molecular flexibility index (Phi) is 9.55. The van der Waals surface area contributed by atoms with E-state index in [0.717, 1.165) is 0 Å². The Morgan fingerprint density at radius 3 is 1.31 bits per heavy atom. The third-order valence-corrected chi connectivity index (χ3v) is 1.51. The Labute approximate surface area is 87.6 Å². The van der Waals surface area contributed by atoms with Gasteiger partial charge >= 0.3 is 5.92 Å². The first-order valence-electron chi connectivity index (χ1n) is 4.20. The second-order valence-electron chi connectivity index (χ2n) is 2.91. The van der Waals surface area contributed by atoms with Gasteiger partial charge in [-0.25, -0.2) is 26.3 Å². The van der Waals surface area contributed by atoms with Crippen molar-refractivity contribution in [2.75, 3.05) is 20.0 Å². The normalized spacial score (nSPS) is 13.7. The molecule has 0 saturated heterocycles. The monoisotopic (exact) mass is 260 g/mol. The summed E-state index contributed by atoms with van der Waals surface area (Å²) in [6, 6.07) is 0. The molecule has 0 radical (unpaired) electrons. The minimum Gasteiger partial charge on any atom is -0.250 e. The molecule has 0 aliphatic carbocycles. The first-order valence-corrected chi connectivity index (χ1v) is 4.20. The summed E-state index contributed by atoms with van der Waals surface area (Å²) in [5, 5.41) is 0. The zero-order valence-electron chi connectivity index (χ0n) is 8.38. The molecule has 0 aliphatic rings. The van der Waals surface area contributed by atoms with Gasteiger partial charge < -0.3 is 0 Å². The Morgan fingerprint density at radius 2 is 1.31 bits per heavy atom. The highest BCUT2D eigenvalue weighted by molar-refractivity contribution is 4.70. The van der Waals surface area contributed by atoms with Crippen molar-refractivity contribution in [2.45, 2.75) is 25.4 Å². The minimum absolute atomic E-state index is 0.625. The van der Waals surface area contributed by atoms with Gasteiger partial charge in [0, 0.05) is 0 Å². The molecule has 0 rings (SSSR count). The average Bonchev–Trinajstić information content (AvgIpc) is 2.19. The van der Waals surface area contributed by atoms with Gasteiger partial charge in [0.05, 0.1) is 5.92 Å². The first kappa shape index (κ1) is 17.8. The van der Waals surface area contributed by atoms with Crippen molar-refractivity contribution < 1.29 is 35.1 Å². The number of halogens is 8. The van der Waals surface area contributed by atoms with Gasteiger partial charge in [0.2, 0.25) is 6.43 Å². The van der Waals surface area contributed by atoms with Crippen molar-refractivity contribution in [1.82, 2.24) is 0 Å². The Balaban J connectivity index is 0. The maximum Gasteiger partial charge on any atom is 0.306 e. The lowest BCUT2D eigenvalue weighted by Gasteiger charge is -2.11. The van der Waals surface area contributed by atoms with Crippen LogP contribution >= 0.6 is 0 Å². The number of alkyl halides is 8. The maximum absolute atomic E-state index is 11.5. The molecular formula is C8H12F8. The largest absolute Gasteiger partial charge is 0.306 e. The van der Waals surface area contributed by atoms with E-state index in [9.17, 15) is 35.1 Å². The number of hydrogen-bond donors (Lipinski definition) is 0. The molecule has 0 saturated carbocycles. The molecule has 0 fully saturated rings. The zero-order chi connectivity index (χ0) is 13.4. The summed E-state index contributed by atoms with van der Waals surface area (Å²) in [7, 11) is 0. The summed E-state index contributed by atoms with van der Waals surface area (Å²) < 4.78 is 90.4. The second-order valence-corrected chi connectivity index (χ2v) is 2.91. The summed E-state index contributed by atoms with van der Waals surface area (Å²) in [6.45, 7) is -3.87. The molecule has 100 valence electrons. The predicted molar refractivity (Wildman–Crippen MR) is 42.9 cm³/mol. The topological polar surface area (TPSA) is 0 Å². The van der Waals surface area contributed by atoms with E-state index in [-0.39, 0.29) is 0 Å². The molecule has 16 heavy (non-hydrogen) atoms. The van der Waals surface area contributed by atoms with Gasteiger partial charge in [-0.1, -0.05) is 0 Å². The minimum atomic E-state index is -3.79. The van der Waals surface area contributed by atoms with Crippen molar-refractivity contribution in [2.24, 2.45) is 5.92 Å². The van der Waals surface area contributed by atoms with E-state index in [0.29, 0.717) is 6.92 Å². The van der Waals surface area contributed by atoms with Crippen LogP contribution in [0.1, 0.15) is 6.92 Å². The van der Waals surface area contributed by atoms with Crippen molar-refractivity contribution in [3.63, 3.8) is 0 Å². The van der Waals surface area contributed by atoms with Gasteiger partial charge in [-0.15, -0.1) is 0 Å². The fourth-order valence-corrected chi connectivity index (χ4v) is 0.282. The Hall–Kier alpha value is -0.560. The maximum atomic E-state index is 11.5. The van der Waals surface area contributed by atoms with Crippen LogP contribution in [0, 0.1) is 5.92 Å². The lowest BCUT2D eigenvalue weighted by atomic mass is 10.2. The molecule has 1 unspecified atom stereocenters. The zero-order valence-corrected chi connectivity index (χ0v) is 8.38. The standard InChI is InChI=1S/2C4H6F4/c1-3(6)4(7,8)2-5;5-1-3(2-6)4(7)8/h3H,2H2,1H3;3-4H,1-2H2. The van der Waals surface area contributed by atoms with E-state index >= 15 is 0 Å². The molecule has 0 heterocycles. The van der Waals surface area contributed by atoms with Gasteiger partial charge in [-0.05, 0) is 6.92 Å². The van der Waals surface area contributed by atoms with Crippen LogP contribution in [0.4, 0.5) is 35.1 Å². The van der Waals surface area contributed by atoms with Crippen LogP contribution in [0.25, 0.3) is 0 Å². The quantitative estimate of drug-likeness (QED) is 0.660. The molecule has 0 aromatic rings. The van der Waals surface area contributed by atoms with Crippen LogP contribution < -0.4 is 0 Å². The fraction of sp³-hybridized carbons (Fsp3) is 1.00. The second kappa shape index (κ2) is 8.58. The predicted octanol–water partition coefficient (Wildman–Crippen LogP) is 3.76. The van der Waals surface area contributed by atoms with Crippen LogP contribution in [-0.4, -0.2) is 38.5 Å². The van der Waals surface area contributed by atoms with Crippen molar-refractivity contribution in [3.8, 4) is 0 Å². The molecular weight excluding hydrogens is 248 g/mol. The fourth-order valence-electron chi connectivity index (χ4n) is 0.282. The number of hydrogen-bond acceptors (Lipinski definition) is 0. The van der Waals surface area contributed by atoms with Gasteiger partial charge in [0.25, 0.3) is 0 Å². The molecule has 0 amide bonds. The summed E-state index contributed by atoms with van der Waals surface area (Å²) in [5.41, 5.74) is 0. The summed E-state index contributed by atoms with van der Waals surface area (Å²) in [4.78, 5) is 0. The van der Waals surface area contributed by atoms with Crippen LogP contribution in [0.3, 0.4) is 0 Å². The first-order chi connectivity index (χ1) is 7.22. The van der Waals surface area contributed by atoms with Crippen molar-refractivity contribution in [3.05, 3.63) is 0 Å². The van der Waals surface area contributed by atoms with Crippen LogP contribution in [0.2, 0.25) is 0 Å². The number of rotatable bonds is 5. The molecule has 0 aromatic carbocycles. The molecule has 0 bridgehead atoms. The van der Waals surface area contributed by atoms with Gasteiger partial charge in [-0.3, -0.25) is 8.78 Å². The Bertz CT molecular complexity index is 154. The van der Waals surface area contributed by atoms with Crippen molar-refractivity contribution >= 4 is 0 Å². The van der Waals surface area contributed by atoms with Gasteiger partial charge in [0.1, 0.15) is 13.3 Å². The van der Waals surface area contributed by atoms with E-state index in [1.165, 1.54) is 0 Å². The van der Waals surface area contributed by atoms with E-state index in [2.05, 4.69) is 0 Å². The SMILES string of the molecule is CC(F)C(F)(F)CF.FCC(CF)C(F)F. The summed E-state index contributed by atoms with van der Waals surface area (Å²) in [5.74, 6) is -5.50. The van der Waals surface area contributed by atoms with Crippen LogP contribution in [-0.2, 0) is 0 Å². The summed E-state index contributed by atoms with van der Waals surface area (Å²) in [6.07, 6.45) is -5.27. The highest BCUT2D eigenvalue weighted by Gasteiger charge is 2.36. The lowest BCUT2D eigenvalue weighted by molar-refractivity contribution is -0.0808. The van der Waals surface area contributed by atoms with E-state index < -0.39 is 44.5 Å². The highest BCUT2D eigenvalue weighted by atomic mass is 19.3. The van der Waals surface area contributed by atoms with E-state index in [1.54, 1.807) is 0 Å². The average molecular weight is 260 g/mol. The third kappa shape index (κ3) is 7.70. The van der Waals surface area contributed by atoms with Crippen LogP contribution in [0.15, 0.2) is 0 Å². The molecule has 0 N–H and O–H groups in total. The molecule has 1 atom stereocenters. The smallest absolute Gasteiger partial charge is 0.250 e. The lowest BCUT2D eigenvalue weighted by Crippen LogP contribution is -2.29. The molecule has 0 spiro atoms. The molecule has 0 aliphatic heterocycles. The van der Waals surface area contributed by atoms with Crippen molar-refractivity contribution in [1.29, 1.82) is 0 Å². The summed E-state index contributed by atoms with van der Waals surface area (Å²) >= 11 is 0. The van der Waals surface area contributed by atoms with Gasteiger partial charge in [-0.2, -0.15) is 0 Å². The molecule has 0 aromatic heterocycles. The van der Waals surface area contributed by atoms with E-state index in [1.807, 2.05) is 0 Å². The third-order valence-electron chi connectivity index (χ3n) is 1.51. The Morgan fingerprint density at radius 1 is 0.938 bits per heavy atom.